The number of likely N-dealkylation sites (tertiary alicyclic amines) is 1. The van der Waals surface area contributed by atoms with Gasteiger partial charge >= 0.3 is 6.09 Å². The lowest BCUT2D eigenvalue weighted by Crippen LogP contribution is -2.47. The van der Waals surface area contributed by atoms with Crippen molar-refractivity contribution >= 4 is 6.09 Å². The predicted octanol–water partition coefficient (Wildman–Crippen LogP) is 3.30. The van der Waals surface area contributed by atoms with Gasteiger partial charge in [0, 0.05) is 25.7 Å². The number of amides is 1. The van der Waals surface area contributed by atoms with Crippen molar-refractivity contribution in [3.8, 4) is 0 Å². The fourth-order valence-electron chi connectivity index (χ4n) is 3.23. The number of carbonyl (C=O) groups excluding carboxylic acids is 1. The Hall–Kier alpha value is -1.59. The van der Waals surface area contributed by atoms with Crippen molar-refractivity contribution in [1.82, 2.24) is 10.2 Å². The van der Waals surface area contributed by atoms with Gasteiger partial charge in [0.05, 0.1) is 6.61 Å². The molecule has 0 aliphatic carbocycles. The minimum atomic E-state index is -0.456. The molecular weight excluding hydrogens is 316 g/mol. The Bertz CT molecular complexity index is 568. The van der Waals surface area contributed by atoms with Crippen LogP contribution in [0.2, 0.25) is 0 Å². The van der Waals surface area contributed by atoms with Crippen LogP contribution in [0.5, 0.6) is 0 Å². The van der Waals surface area contributed by atoms with E-state index in [2.05, 4.69) is 12.2 Å². The topological polar surface area (TPSA) is 61.8 Å². The van der Waals surface area contributed by atoms with Crippen LogP contribution in [0.3, 0.4) is 0 Å². The first-order valence-corrected chi connectivity index (χ1v) is 9.19. The summed E-state index contributed by atoms with van der Waals surface area (Å²) in [5, 5.41) is 13.0. The maximum absolute atomic E-state index is 12.3. The first-order valence-electron chi connectivity index (χ1n) is 9.19. The molecule has 1 aliphatic heterocycles. The second-order valence-electron chi connectivity index (χ2n) is 7.93. The number of carbonyl (C=O) groups is 1. The normalized spacial score (nSPS) is 19.6. The summed E-state index contributed by atoms with van der Waals surface area (Å²) in [5.74, 6) is 0.405. The van der Waals surface area contributed by atoms with E-state index in [0.717, 1.165) is 43.6 Å². The molecule has 0 radical (unpaired) electrons. The van der Waals surface area contributed by atoms with Gasteiger partial charge in [-0.15, -0.1) is 0 Å². The summed E-state index contributed by atoms with van der Waals surface area (Å²) in [5.41, 5.74) is 1.62. The largest absolute Gasteiger partial charge is 0.444 e. The molecule has 1 heterocycles. The summed E-state index contributed by atoms with van der Waals surface area (Å²) in [4.78, 5) is 14.1. The SMILES string of the molecule is CC(NCc1ccccc1CO)C1CCCN(C(=O)OC(C)(C)C)C1. The van der Waals surface area contributed by atoms with Crippen molar-refractivity contribution < 1.29 is 14.6 Å². The molecule has 0 spiro atoms. The zero-order valence-corrected chi connectivity index (χ0v) is 15.9. The number of piperidine rings is 1. The first-order chi connectivity index (χ1) is 11.8. The van der Waals surface area contributed by atoms with E-state index in [1.165, 1.54) is 0 Å². The van der Waals surface area contributed by atoms with Crippen LogP contribution in [0.4, 0.5) is 4.79 Å². The van der Waals surface area contributed by atoms with Crippen LogP contribution in [0.15, 0.2) is 24.3 Å². The fraction of sp³-hybridized carbons (Fsp3) is 0.650. The molecule has 1 aliphatic rings. The van der Waals surface area contributed by atoms with Crippen LogP contribution in [0.25, 0.3) is 0 Å². The van der Waals surface area contributed by atoms with E-state index in [-0.39, 0.29) is 18.7 Å². The third-order valence-electron chi connectivity index (χ3n) is 4.72. The number of ether oxygens (including phenoxy) is 1. The molecule has 2 atom stereocenters. The van der Waals surface area contributed by atoms with Gasteiger partial charge in [0.1, 0.15) is 5.60 Å². The number of nitrogens with one attached hydrogen (secondary N) is 1. The standard InChI is InChI=1S/C20H32N2O3/c1-15(21-12-16-8-5-6-9-18(16)14-23)17-10-7-11-22(13-17)19(24)25-20(2,3)4/h5-6,8-9,15,17,21,23H,7,10-14H2,1-4H3. The average molecular weight is 348 g/mol. The fourth-order valence-corrected chi connectivity index (χ4v) is 3.23. The molecule has 0 saturated carbocycles. The summed E-state index contributed by atoms with van der Waals surface area (Å²) >= 11 is 0. The monoisotopic (exact) mass is 348 g/mol. The number of hydrogen-bond donors (Lipinski definition) is 2. The summed E-state index contributed by atoms with van der Waals surface area (Å²) in [6.45, 7) is 10.1. The van der Waals surface area contributed by atoms with Gasteiger partial charge in [-0.3, -0.25) is 0 Å². The highest BCUT2D eigenvalue weighted by atomic mass is 16.6. The van der Waals surface area contributed by atoms with Crippen molar-refractivity contribution in [3.05, 3.63) is 35.4 Å². The van der Waals surface area contributed by atoms with Gasteiger partial charge in [-0.25, -0.2) is 4.79 Å². The maximum atomic E-state index is 12.3. The molecule has 2 rings (SSSR count). The molecule has 2 N–H and O–H groups in total. The Morgan fingerprint density at radius 3 is 2.68 bits per heavy atom. The predicted molar refractivity (Wildman–Crippen MR) is 99.2 cm³/mol. The van der Waals surface area contributed by atoms with Gasteiger partial charge < -0.3 is 20.1 Å². The molecule has 25 heavy (non-hydrogen) atoms. The van der Waals surface area contributed by atoms with Gasteiger partial charge in [0.2, 0.25) is 0 Å². The van der Waals surface area contributed by atoms with Crippen molar-refractivity contribution in [2.24, 2.45) is 5.92 Å². The maximum Gasteiger partial charge on any atom is 0.410 e. The van der Waals surface area contributed by atoms with Gasteiger partial charge in [-0.05, 0) is 57.6 Å². The first kappa shape index (κ1) is 19.7. The quantitative estimate of drug-likeness (QED) is 0.857. The van der Waals surface area contributed by atoms with E-state index in [9.17, 15) is 9.90 Å². The number of aliphatic hydroxyl groups is 1. The smallest absolute Gasteiger partial charge is 0.410 e. The molecule has 1 saturated heterocycles. The molecule has 1 aromatic carbocycles. The van der Waals surface area contributed by atoms with E-state index in [0.29, 0.717) is 5.92 Å². The zero-order chi connectivity index (χ0) is 18.4. The average Bonchev–Trinajstić information content (AvgIpc) is 2.58. The van der Waals surface area contributed by atoms with E-state index < -0.39 is 5.60 Å². The van der Waals surface area contributed by atoms with E-state index >= 15 is 0 Å². The lowest BCUT2D eigenvalue weighted by molar-refractivity contribution is 0.0148. The molecule has 0 bridgehead atoms. The van der Waals surface area contributed by atoms with E-state index in [4.69, 9.17) is 4.74 Å². The highest BCUT2D eigenvalue weighted by Gasteiger charge is 2.30. The molecular formula is C20H32N2O3. The van der Waals surface area contributed by atoms with Gasteiger partial charge in [-0.2, -0.15) is 0 Å². The zero-order valence-electron chi connectivity index (χ0n) is 15.9. The highest BCUT2D eigenvalue weighted by Crippen LogP contribution is 2.22. The van der Waals surface area contributed by atoms with Crippen molar-refractivity contribution in [2.75, 3.05) is 13.1 Å². The second-order valence-corrected chi connectivity index (χ2v) is 7.93. The van der Waals surface area contributed by atoms with Crippen molar-refractivity contribution in [1.29, 1.82) is 0 Å². The Morgan fingerprint density at radius 2 is 2.04 bits per heavy atom. The number of hydrogen-bond acceptors (Lipinski definition) is 4. The van der Waals surface area contributed by atoms with Gasteiger partial charge in [0.25, 0.3) is 0 Å². The van der Waals surface area contributed by atoms with Crippen LogP contribution >= 0.6 is 0 Å². The number of rotatable bonds is 5. The second kappa shape index (κ2) is 8.68. The van der Waals surface area contributed by atoms with E-state index in [1.807, 2.05) is 49.9 Å². The number of nitrogens with zero attached hydrogens (tertiary/aromatic N) is 1. The molecule has 5 nitrogen and oxygen atoms in total. The summed E-state index contributed by atoms with van der Waals surface area (Å²) in [7, 11) is 0. The molecule has 1 amide bonds. The van der Waals surface area contributed by atoms with Crippen LogP contribution in [0.1, 0.15) is 51.7 Å². The molecule has 2 unspecified atom stereocenters. The van der Waals surface area contributed by atoms with Crippen LogP contribution in [0, 0.1) is 5.92 Å². The summed E-state index contributed by atoms with van der Waals surface area (Å²) in [6, 6.07) is 8.22. The lowest BCUT2D eigenvalue weighted by atomic mass is 9.91. The Balaban J connectivity index is 1.88. The minimum Gasteiger partial charge on any atom is -0.444 e. The third kappa shape index (κ3) is 6.01. The Labute approximate surface area is 151 Å². The van der Waals surface area contributed by atoms with Gasteiger partial charge in [0.15, 0.2) is 0 Å². The van der Waals surface area contributed by atoms with Crippen molar-refractivity contribution in [2.45, 2.75) is 65.3 Å². The van der Waals surface area contributed by atoms with E-state index in [1.54, 1.807) is 0 Å². The van der Waals surface area contributed by atoms with Crippen LogP contribution in [-0.2, 0) is 17.9 Å². The Kier molecular flexibility index (Phi) is 6.85. The van der Waals surface area contributed by atoms with Gasteiger partial charge in [-0.1, -0.05) is 24.3 Å². The number of benzene rings is 1. The highest BCUT2D eigenvalue weighted by molar-refractivity contribution is 5.68. The number of aliphatic hydroxyl groups excluding tert-OH is 1. The molecule has 5 heteroatoms. The summed E-state index contributed by atoms with van der Waals surface area (Å²) in [6.07, 6.45) is 1.90. The molecule has 140 valence electrons. The van der Waals surface area contributed by atoms with Crippen molar-refractivity contribution in [3.63, 3.8) is 0 Å². The third-order valence-corrected chi connectivity index (χ3v) is 4.72. The van der Waals surface area contributed by atoms with Crippen LogP contribution in [-0.4, -0.2) is 40.8 Å². The summed E-state index contributed by atoms with van der Waals surface area (Å²) < 4.78 is 5.50. The molecule has 0 aromatic heterocycles. The minimum absolute atomic E-state index is 0.0576. The Morgan fingerprint density at radius 1 is 1.36 bits per heavy atom. The lowest BCUT2D eigenvalue weighted by Gasteiger charge is -2.37. The van der Waals surface area contributed by atoms with Crippen LogP contribution < -0.4 is 5.32 Å². The molecule has 1 aromatic rings. The molecule has 1 fully saturated rings.